The summed E-state index contributed by atoms with van der Waals surface area (Å²) in [5.41, 5.74) is 1.73. The molecule has 1 amide bonds. The molecule has 2 rings (SSSR count). The molecule has 2 aromatic rings. The minimum atomic E-state index is -0.180. The molecule has 1 aromatic carbocycles. The van der Waals surface area contributed by atoms with Crippen molar-refractivity contribution in [2.75, 3.05) is 11.9 Å². The summed E-state index contributed by atoms with van der Waals surface area (Å²) in [4.78, 5) is 13.6. The van der Waals surface area contributed by atoms with Crippen LogP contribution in [0.25, 0.3) is 0 Å². The van der Waals surface area contributed by atoms with Crippen LogP contribution in [-0.2, 0) is 0 Å². The summed E-state index contributed by atoms with van der Waals surface area (Å²) in [6.07, 6.45) is 1.45. The van der Waals surface area contributed by atoms with Crippen molar-refractivity contribution in [3.63, 3.8) is 0 Å². The molecule has 0 unspecified atom stereocenters. The molecule has 0 N–H and O–H groups in total. The van der Waals surface area contributed by atoms with Crippen LogP contribution in [-0.4, -0.2) is 13.0 Å². The number of halogens is 1. The number of rotatable bonds is 2. The summed E-state index contributed by atoms with van der Waals surface area (Å²) < 4.78 is 5.44. The molecular formula is C13H9BrN2O2. The summed E-state index contributed by atoms with van der Waals surface area (Å²) in [6, 6.07) is 10.4. The predicted molar refractivity (Wildman–Crippen MR) is 70.3 cm³/mol. The van der Waals surface area contributed by atoms with Gasteiger partial charge in [0.1, 0.15) is 0 Å². The Morgan fingerprint density at radius 3 is 2.50 bits per heavy atom. The number of anilines is 1. The lowest BCUT2D eigenvalue weighted by molar-refractivity contribution is 0.0991. The Bertz CT molecular complexity index is 611. The van der Waals surface area contributed by atoms with Gasteiger partial charge in [0.05, 0.1) is 23.5 Å². The van der Waals surface area contributed by atoms with Crippen molar-refractivity contribution in [1.29, 1.82) is 5.26 Å². The monoisotopic (exact) mass is 304 g/mol. The molecule has 0 saturated heterocycles. The zero-order valence-corrected chi connectivity index (χ0v) is 11.1. The van der Waals surface area contributed by atoms with Gasteiger partial charge in [0.15, 0.2) is 4.67 Å². The van der Waals surface area contributed by atoms with Crippen LogP contribution < -0.4 is 4.90 Å². The SMILES string of the molecule is CN(C(=O)c1ccoc1Br)c1ccc(C#N)cc1. The second-order valence-electron chi connectivity index (χ2n) is 3.63. The number of nitrogens with zero attached hydrogens (tertiary/aromatic N) is 2. The fraction of sp³-hybridized carbons (Fsp3) is 0.0769. The fourth-order valence-electron chi connectivity index (χ4n) is 1.50. The number of nitriles is 1. The van der Waals surface area contributed by atoms with Gasteiger partial charge in [-0.15, -0.1) is 0 Å². The number of benzene rings is 1. The first-order valence-corrected chi connectivity index (χ1v) is 5.94. The average Bonchev–Trinajstić information content (AvgIpc) is 2.83. The zero-order valence-electron chi connectivity index (χ0n) is 9.55. The van der Waals surface area contributed by atoms with E-state index in [2.05, 4.69) is 15.9 Å². The van der Waals surface area contributed by atoms with E-state index >= 15 is 0 Å². The Morgan fingerprint density at radius 2 is 2.00 bits per heavy atom. The Hall–Kier alpha value is -2.06. The fourth-order valence-corrected chi connectivity index (χ4v) is 1.91. The Labute approximate surface area is 113 Å². The minimum Gasteiger partial charge on any atom is -0.457 e. The second-order valence-corrected chi connectivity index (χ2v) is 4.35. The van der Waals surface area contributed by atoms with E-state index in [0.29, 0.717) is 21.5 Å². The van der Waals surface area contributed by atoms with E-state index in [-0.39, 0.29) is 5.91 Å². The third-order valence-electron chi connectivity index (χ3n) is 2.54. The van der Waals surface area contributed by atoms with E-state index in [1.165, 1.54) is 11.2 Å². The van der Waals surface area contributed by atoms with Crippen LogP contribution in [0.5, 0.6) is 0 Å². The standard InChI is InChI=1S/C13H9BrN2O2/c1-16(10-4-2-9(8-15)3-5-10)13(17)11-6-7-18-12(11)14/h2-7H,1H3. The van der Waals surface area contributed by atoms with Crippen LogP contribution >= 0.6 is 15.9 Å². The lowest BCUT2D eigenvalue weighted by atomic mass is 10.2. The van der Waals surface area contributed by atoms with Crippen LogP contribution in [0, 0.1) is 11.3 Å². The van der Waals surface area contributed by atoms with Crippen molar-refractivity contribution in [3.05, 3.63) is 52.4 Å². The van der Waals surface area contributed by atoms with Gasteiger partial charge in [-0.05, 0) is 46.3 Å². The van der Waals surface area contributed by atoms with Crippen molar-refractivity contribution >= 4 is 27.5 Å². The smallest absolute Gasteiger partial charge is 0.262 e. The summed E-state index contributed by atoms with van der Waals surface area (Å²) >= 11 is 3.17. The van der Waals surface area contributed by atoms with Gasteiger partial charge < -0.3 is 9.32 Å². The summed E-state index contributed by atoms with van der Waals surface area (Å²) in [7, 11) is 1.67. The van der Waals surface area contributed by atoms with E-state index in [0.717, 1.165) is 0 Å². The maximum Gasteiger partial charge on any atom is 0.262 e. The number of carbonyl (C=O) groups is 1. The van der Waals surface area contributed by atoms with Crippen molar-refractivity contribution in [2.24, 2.45) is 0 Å². The quantitative estimate of drug-likeness (QED) is 0.856. The van der Waals surface area contributed by atoms with Crippen molar-refractivity contribution < 1.29 is 9.21 Å². The lowest BCUT2D eigenvalue weighted by Gasteiger charge is -2.16. The molecular weight excluding hydrogens is 296 g/mol. The van der Waals surface area contributed by atoms with Gasteiger partial charge >= 0.3 is 0 Å². The van der Waals surface area contributed by atoms with Crippen molar-refractivity contribution in [1.82, 2.24) is 0 Å². The lowest BCUT2D eigenvalue weighted by Crippen LogP contribution is -2.26. The highest BCUT2D eigenvalue weighted by Crippen LogP contribution is 2.22. The molecule has 0 aliphatic rings. The van der Waals surface area contributed by atoms with E-state index in [1.54, 1.807) is 37.4 Å². The molecule has 1 heterocycles. The Balaban J connectivity index is 2.26. The highest BCUT2D eigenvalue weighted by molar-refractivity contribution is 9.10. The average molecular weight is 305 g/mol. The highest BCUT2D eigenvalue weighted by atomic mass is 79.9. The van der Waals surface area contributed by atoms with Gasteiger partial charge in [-0.25, -0.2) is 0 Å². The third-order valence-corrected chi connectivity index (χ3v) is 3.15. The number of amides is 1. The maximum absolute atomic E-state index is 12.2. The number of hydrogen-bond acceptors (Lipinski definition) is 3. The van der Waals surface area contributed by atoms with Crippen molar-refractivity contribution in [2.45, 2.75) is 0 Å². The molecule has 1 aromatic heterocycles. The molecule has 0 fully saturated rings. The van der Waals surface area contributed by atoms with Crippen LogP contribution in [0.1, 0.15) is 15.9 Å². The first kappa shape index (κ1) is 12.4. The molecule has 0 bridgehead atoms. The summed E-state index contributed by atoms with van der Waals surface area (Å²) in [5, 5.41) is 8.71. The number of hydrogen-bond donors (Lipinski definition) is 0. The van der Waals surface area contributed by atoms with Crippen LogP contribution in [0.15, 0.2) is 45.7 Å². The highest BCUT2D eigenvalue weighted by Gasteiger charge is 2.18. The predicted octanol–water partition coefficient (Wildman–Crippen LogP) is 3.19. The van der Waals surface area contributed by atoms with Gasteiger partial charge in [0, 0.05) is 12.7 Å². The molecule has 5 heteroatoms. The van der Waals surface area contributed by atoms with Crippen molar-refractivity contribution in [3.8, 4) is 6.07 Å². The van der Waals surface area contributed by atoms with Crippen LogP contribution in [0.2, 0.25) is 0 Å². The number of carbonyl (C=O) groups excluding carboxylic acids is 1. The Morgan fingerprint density at radius 1 is 1.33 bits per heavy atom. The van der Waals surface area contributed by atoms with Gasteiger partial charge in [-0.1, -0.05) is 0 Å². The minimum absolute atomic E-state index is 0.180. The van der Waals surface area contributed by atoms with Gasteiger partial charge in [-0.3, -0.25) is 4.79 Å². The molecule has 90 valence electrons. The molecule has 0 radical (unpaired) electrons. The van der Waals surface area contributed by atoms with E-state index in [4.69, 9.17) is 9.68 Å². The van der Waals surface area contributed by atoms with E-state index in [9.17, 15) is 4.79 Å². The molecule has 0 aliphatic carbocycles. The first-order chi connectivity index (χ1) is 8.63. The second kappa shape index (κ2) is 5.07. The topological polar surface area (TPSA) is 57.2 Å². The normalized spacial score (nSPS) is 9.83. The summed E-state index contributed by atoms with van der Waals surface area (Å²) in [5.74, 6) is -0.180. The zero-order chi connectivity index (χ0) is 13.1. The van der Waals surface area contributed by atoms with Gasteiger partial charge in [0.2, 0.25) is 0 Å². The molecule has 4 nitrogen and oxygen atoms in total. The van der Waals surface area contributed by atoms with Gasteiger partial charge in [0.25, 0.3) is 5.91 Å². The van der Waals surface area contributed by atoms with Crippen LogP contribution in [0.3, 0.4) is 0 Å². The third kappa shape index (κ3) is 2.29. The summed E-state index contributed by atoms with van der Waals surface area (Å²) in [6.45, 7) is 0. The van der Waals surface area contributed by atoms with Crippen LogP contribution in [0.4, 0.5) is 5.69 Å². The van der Waals surface area contributed by atoms with E-state index < -0.39 is 0 Å². The molecule has 0 spiro atoms. The molecule has 18 heavy (non-hydrogen) atoms. The molecule has 0 atom stereocenters. The van der Waals surface area contributed by atoms with Gasteiger partial charge in [-0.2, -0.15) is 5.26 Å². The molecule has 0 saturated carbocycles. The van der Waals surface area contributed by atoms with E-state index in [1.807, 2.05) is 6.07 Å². The first-order valence-electron chi connectivity index (χ1n) is 5.14. The molecule has 0 aliphatic heterocycles. The number of furan rings is 1. The maximum atomic E-state index is 12.2. The Kier molecular flexibility index (Phi) is 3.49. The largest absolute Gasteiger partial charge is 0.457 e.